The molecular formula is C16H13F3N2O2. The second-order valence-electron chi connectivity index (χ2n) is 4.88. The van der Waals surface area contributed by atoms with Gasteiger partial charge in [0.05, 0.1) is 5.56 Å². The number of hydrogen-bond donors (Lipinski definition) is 2. The minimum atomic E-state index is -4.50. The summed E-state index contributed by atoms with van der Waals surface area (Å²) in [5.74, 6) is -1.33. The molecule has 0 saturated carbocycles. The van der Waals surface area contributed by atoms with Crippen LogP contribution in [-0.4, -0.2) is 11.8 Å². The molecule has 4 nitrogen and oxygen atoms in total. The molecule has 0 unspecified atom stereocenters. The van der Waals surface area contributed by atoms with Gasteiger partial charge in [-0.1, -0.05) is 12.1 Å². The maximum Gasteiger partial charge on any atom is 0.416 e. The lowest BCUT2D eigenvalue weighted by atomic mass is 10.1. The Labute approximate surface area is 130 Å². The van der Waals surface area contributed by atoms with Crippen molar-refractivity contribution >= 4 is 17.5 Å². The Morgan fingerprint density at radius 1 is 1.04 bits per heavy atom. The molecule has 0 aliphatic heterocycles. The third-order valence-electron chi connectivity index (χ3n) is 3.30. The van der Waals surface area contributed by atoms with Gasteiger partial charge in [0.1, 0.15) is 0 Å². The summed E-state index contributed by atoms with van der Waals surface area (Å²) in [7, 11) is 0. The van der Waals surface area contributed by atoms with Gasteiger partial charge in [-0.25, -0.2) is 0 Å². The van der Waals surface area contributed by atoms with Gasteiger partial charge >= 0.3 is 6.18 Å². The minimum absolute atomic E-state index is 0.0503. The van der Waals surface area contributed by atoms with Crippen molar-refractivity contribution in [1.82, 2.24) is 0 Å². The largest absolute Gasteiger partial charge is 0.416 e. The van der Waals surface area contributed by atoms with E-state index >= 15 is 0 Å². The molecule has 120 valence electrons. The monoisotopic (exact) mass is 322 g/mol. The van der Waals surface area contributed by atoms with Crippen molar-refractivity contribution in [3.05, 3.63) is 64.7 Å². The van der Waals surface area contributed by atoms with Crippen LogP contribution in [0.2, 0.25) is 0 Å². The summed E-state index contributed by atoms with van der Waals surface area (Å²) in [5.41, 5.74) is 4.54. The van der Waals surface area contributed by atoms with Crippen molar-refractivity contribution in [3.8, 4) is 0 Å². The fourth-order valence-electron chi connectivity index (χ4n) is 2.09. The SMILES string of the molecule is Cc1c(NC(=O)c2cccc(C(N)=O)c2)cccc1C(F)(F)F. The lowest BCUT2D eigenvalue weighted by Gasteiger charge is -2.14. The topological polar surface area (TPSA) is 72.2 Å². The first-order valence-electron chi connectivity index (χ1n) is 6.58. The summed E-state index contributed by atoms with van der Waals surface area (Å²) in [6.45, 7) is 1.28. The van der Waals surface area contributed by atoms with Crippen LogP contribution in [0.4, 0.5) is 18.9 Å². The highest BCUT2D eigenvalue weighted by molar-refractivity contribution is 6.06. The number of anilines is 1. The van der Waals surface area contributed by atoms with Crippen molar-refractivity contribution in [2.45, 2.75) is 13.1 Å². The Kier molecular flexibility index (Phi) is 4.40. The number of benzene rings is 2. The third-order valence-corrected chi connectivity index (χ3v) is 3.30. The number of amides is 2. The second kappa shape index (κ2) is 6.12. The van der Waals surface area contributed by atoms with E-state index in [-0.39, 0.29) is 22.4 Å². The molecule has 2 aromatic carbocycles. The molecule has 0 aromatic heterocycles. The van der Waals surface area contributed by atoms with E-state index in [1.165, 1.54) is 43.3 Å². The van der Waals surface area contributed by atoms with E-state index < -0.39 is 23.6 Å². The zero-order valence-corrected chi connectivity index (χ0v) is 12.1. The standard InChI is InChI=1S/C16H13F3N2O2/c1-9-12(16(17,18)19)6-3-7-13(9)21-15(23)11-5-2-4-10(8-11)14(20)22/h2-8H,1H3,(H2,20,22)(H,21,23). The van der Waals surface area contributed by atoms with E-state index in [2.05, 4.69) is 5.32 Å². The first-order chi connectivity index (χ1) is 10.7. The average Bonchev–Trinajstić information content (AvgIpc) is 2.48. The molecule has 0 aliphatic carbocycles. The molecule has 0 fully saturated rings. The van der Waals surface area contributed by atoms with Gasteiger partial charge in [0.2, 0.25) is 5.91 Å². The Bertz CT molecular complexity index is 770. The summed E-state index contributed by atoms with van der Waals surface area (Å²) >= 11 is 0. The van der Waals surface area contributed by atoms with E-state index in [0.717, 1.165) is 6.07 Å². The fraction of sp³-hybridized carbons (Fsp3) is 0.125. The number of carbonyl (C=O) groups excluding carboxylic acids is 2. The van der Waals surface area contributed by atoms with Gasteiger partial charge in [0, 0.05) is 16.8 Å². The van der Waals surface area contributed by atoms with Gasteiger partial charge in [-0.3, -0.25) is 9.59 Å². The molecule has 3 N–H and O–H groups in total. The number of nitrogens with two attached hydrogens (primary N) is 1. The van der Waals surface area contributed by atoms with Crippen LogP contribution in [0.5, 0.6) is 0 Å². The number of alkyl halides is 3. The highest BCUT2D eigenvalue weighted by atomic mass is 19.4. The molecule has 2 aromatic rings. The number of nitrogens with one attached hydrogen (secondary N) is 1. The predicted octanol–water partition coefficient (Wildman–Crippen LogP) is 3.37. The van der Waals surface area contributed by atoms with E-state index in [4.69, 9.17) is 5.73 Å². The summed E-state index contributed by atoms with van der Waals surface area (Å²) in [6.07, 6.45) is -4.50. The van der Waals surface area contributed by atoms with Crippen LogP contribution in [0.15, 0.2) is 42.5 Å². The molecule has 0 atom stereocenters. The highest BCUT2D eigenvalue weighted by Crippen LogP contribution is 2.34. The van der Waals surface area contributed by atoms with Gasteiger partial charge in [-0.15, -0.1) is 0 Å². The van der Waals surface area contributed by atoms with E-state index in [1.54, 1.807) is 0 Å². The number of halogens is 3. The quantitative estimate of drug-likeness (QED) is 0.909. The van der Waals surface area contributed by atoms with Gasteiger partial charge < -0.3 is 11.1 Å². The molecular weight excluding hydrogens is 309 g/mol. The molecule has 0 spiro atoms. The van der Waals surface area contributed by atoms with Crippen LogP contribution >= 0.6 is 0 Å². The lowest BCUT2D eigenvalue weighted by molar-refractivity contribution is -0.138. The molecule has 23 heavy (non-hydrogen) atoms. The minimum Gasteiger partial charge on any atom is -0.366 e. The van der Waals surface area contributed by atoms with Crippen LogP contribution in [-0.2, 0) is 6.18 Å². The van der Waals surface area contributed by atoms with E-state index in [1.807, 2.05) is 0 Å². The van der Waals surface area contributed by atoms with Crippen LogP contribution in [0.1, 0.15) is 31.8 Å². The second-order valence-corrected chi connectivity index (χ2v) is 4.88. The van der Waals surface area contributed by atoms with Crippen molar-refractivity contribution in [3.63, 3.8) is 0 Å². The lowest BCUT2D eigenvalue weighted by Crippen LogP contribution is -2.17. The Morgan fingerprint density at radius 2 is 1.65 bits per heavy atom. The van der Waals surface area contributed by atoms with Crippen LogP contribution < -0.4 is 11.1 Å². The van der Waals surface area contributed by atoms with Crippen molar-refractivity contribution in [2.75, 3.05) is 5.32 Å². The van der Waals surface area contributed by atoms with E-state index in [9.17, 15) is 22.8 Å². The van der Waals surface area contributed by atoms with Gasteiger partial charge in [0.15, 0.2) is 0 Å². The Hall–Kier alpha value is -2.83. The predicted molar refractivity (Wildman–Crippen MR) is 79.1 cm³/mol. The maximum atomic E-state index is 12.9. The molecule has 2 amide bonds. The number of primary amides is 1. The number of hydrogen-bond acceptors (Lipinski definition) is 2. The molecule has 7 heteroatoms. The van der Waals surface area contributed by atoms with Gasteiger partial charge in [-0.2, -0.15) is 13.2 Å². The van der Waals surface area contributed by atoms with Gasteiger partial charge in [0.25, 0.3) is 5.91 Å². The molecule has 0 bridgehead atoms. The summed E-state index contributed by atoms with van der Waals surface area (Å²) in [4.78, 5) is 23.3. The fourth-order valence-corrected chi connectivity index (χ4v) is 2.09. The van der Waals surface area contributed by atoms with Gasteiger partial charge in [-0.05, 0) is 42.8 Å². The first kappa shape index (κ1) is 16.5. The summed E-state index contributed by atoms with van der Waals surface area (Å²) < 4.78 is 38.6. The first-order valence-corrected chi connectivity index (χ1v) is 6.58. The highest BCUT2D eigenvalue weighted by Gasteiger charge is 2.33. The smallest absolute Gasteiger partial charge is 0.366 e. The number of rotatable bonds is 3. The molecule has 0 heterocycles. The van der Waals surface area contributed by atoms with Crippen molar-refractivity contribution in [2.24, 2.45) is 5.73 Å². The zero-order valence-electron chi connectivity index (χ0n) is 12.1. The average molecular weight is 322 g/mol. The maximum absolute atomic E-state index is 12.9. The van der Waals surface area contributed by atoms with Crippen molar-refractivity contribution in [1.29, 1.82) is 0 Å². The molecule has 0 saturated heterocycles. The summed E-state index contributed by atoms with van der Waals surface area (Å²) in [5, 5.41) is 2.41. The Balaban J connectivity index is 2.31. The summed E-state index contributed by atoms with van der Waals surface area (Å²) in [6, 6.07) is 9.15. The van der Waals surface area contributed by atoms with Crippen LogP contribution in [0.3, 0.4) is 0 Å². The Morgan fingerprint density at radius 3 is 2.26 bits per heavy atom. The normalized spacial score (nSPS) is 11.1. The molecule has 2 rings (SSSR count). The van der Waals surface area contributed by atoms with Crippen LogP contribution in [0, 0.1) is 6.92 Å². The van der Waals surface area contributed by atoms with Crippen LogP contribution in [0.25, 0.3) is 0 Å². The number of carbonyl (C=O) groups is 2. The molecule has 0 radical (unpaired) electrons. The third kappa shape index (κ3) is 3.68. The van der Waals surface area contributed by atoms with E-state index in [0.29, 0.717) is 0 Å². The molecule has 0 aliphatic rings. The zero-order chi connectivity index (χ0) is 17.2. The van der Waals surface area contributed by atoms with Crippen molar-refractivity contribution < 1.29 is 22.8 Å².